The summed E-state index contributed by atoms with van der Waals surface area (Å²) in [7, 11) is -3.85. The number of hydrogen-bond donors (Lipinski definition) is 1. The standard InChI is InChI=1S/C21H27N3O5S/c1-15-7-10-18(11-8-15)6-5-13-22-21(25)17(3)23(30(4,28)29)20-14-19(24(26)27)12-9-16(20)2/h7-12,14,17H,5-6,13H2,1-4H3,(H,22,25)/t17-/m1/s1. The van der Waals surface area contributed by atoms with Crippen molar-refractivity contribution < 1.29 is 18.1 Å². The SMILES string of the molecule is Cc1ccc(CCCNC(=O)[C@@H](C)N(c2cc([N+](=O)[O-])ccc2C)S(C)(=O)=O)cc1. The molecule has 0 heterocycles. The Hall–Kier alpha value is -2.94. The second-order valence-electron chi connectivity index (χ2n) is 7.34. The summed E-state index contributed by atoms with van der Waals surface area (Å²) in [6, 6.07) is 11.0. The van der Waals surface area contributed by atoms with Gasteiger partial charge < -0.3 is 5.32 Å². The molecule has 1 N–H and O–H groups in total. The molecule has 0 unspecified atom stereocenters. The van der Waals surface area contributed by atoms with Crippen molar-refractivity contribution in [3.05, 3.63) is 69.3 Å². The van der Waals surface area contributed by atoms with Crippen LogP contribution in [-0.2, 0) is 21.2 Å². The molecule has 8 nitrogen and oxygen atoms in total. The van der Waals surface area contributed by atoms with Crippen molar-refractivity contribution in [2.45, 2.75) is 39.7 Å². The van der Waals surface area contributed by atoms with E-state index in [1.54, 1.807) is 6.92 Å². The summed E-state index contributed by atoms with van der Waals surface area (Å²) < 4.78 is 25.8. The topological polar surface area (TPSA) is 110 Å². The minimum absolute atomic E-state index is 0.119. The average Bonchev–Trinajstić information content (AvgIpc) is 2.66. The summed E-state index contributed by atoms with van der Waals surface area (Å²) >= 11 is 0. The number of nitro benzene ring substituents is 1. The summed E-state index contributed by atoms with van der Waals surface area (Å²) in [5, 5.41) is 13.9. The van der Waals surface area contributed by atoms with Gasteiger partial charge in [0, 0.05) is 18.7 Å². The van der Waals surface area contributed by atoms with Crippen LogP contribution in [0.5, 0.6) is 0 Å². The van der Waals surface area contributed by atoms with Crippen molar-refractivity contribution in [1.82, 2.24) is 5.32 Å². The van der Waals surface area contributed by atoms with Gasteiger partial charge in [-0.15, -0.1) is 0 Å². The molecule has 1 amide bonds. The van der Waals surface area contributed by atoms with Crippen LogP contribution in [-0.4, -0.2) is 38.1 Å². The zero-order valence-corrected chi connectivity index (χ0v) is 18.4. The maximum Gasteiger partial charge on any atom is 0.271 e. The summed E-state index contributed by atoms with van der Waals surface area (Å²) in [5.74, 6) is -0.463. The second-order valence-corrected chi connectivity index (χ2v) is 9.20. The normalized spacial score (nSPS) is 12.3. The predicted octanol–water partition coefficient (Wildman–Crippen LogP) is 3.12. The third kappa shape index (κ3) is 6.03. The molecular weight excluding hydrogens is 406 g/mol. The molecule has 2 aromatic carbocycles. The van der Waals surface area contributed by atoms with Crippen LogP contribution in [0, 0.1) is 24.0 Å². The monoisotopic (exact) mass is 433 g/mol. The lowest BCUT2D eigenvalue weighted by Crippen LogP contribution is -2.48. The summed E-state index contributed by atoms with van der Waals surface area (Å²) in [5.41, 5.74) is 2.74. The molecule has 0 radical (unpaired) electrons. The van der Waals surface area contributed by atoms with Gasteiger partial charge in [-0.05, 0) is 44.7 Å². The first-order valence-corrected chi connectivity index (χ1v) is 11.4. The third-order valence-electron chi connectivity index (χ3n) is 4.79. The van der Waals surface area contributed by atoms with Gasteiger partial charge in [0.15, 0.2) is 0 Å². The molecule has 2 aromatic rings. The molecule has 0 aliphatic carbocycles. The van der Waals surface area contributed by atoms with Crippen LogP contribution in [0.4, 0.5) is 11.4 Å². The van der Waals surface area contributed by atoms with Gasteiger partial charge >= 0.3 is 0 Å². The largest absolute Gasteiger partial charge is 0.354 e. The Morgan fingerprint density at radius 2 is 1.80 bits per heavy atom. The third-order valence-corrected chi connectivity index (χ3v) is 6.02. The fourth-order valence-corrected chi connectivity index (χ4v) is 4.36. The molecule has 9 heteroatoms. The first-order valence-electron chi connectivity index (χ1n) is 9.58. The fourth-order valence-electron chi connectivity index (χ4n) is 3.14. The van der Waals surface area contributed by atoms with Crippen molar-refractivity contribution in [1.29, 1.82) is 0 Å². The molecule has 0 spiro atoms. The number of sulfonamides is 1. The summed E-state index contributed by atoms with van der Waals surface area (Å²) in [6.07, 6.45) is 2.47. The number of benzene rings is 2. The molecule has 0 saturated heterocycles. The van der Waals surface area contributed by atoms with Crippen LogP contribution in [0.15, 0.2) is 42.5 Å². The molecule has 0 aliphatic heterocycles. The van der Waals surface area contributed by atoms with Crippen LogP contribution >= 0.6 is 0 Å². The van der Waals surface area contributed by atoms with Gasteiger partial charge in [0.1, 0.15) is 6.04 Å². The van der Waals surface area contributed by atoms with E-state index in [-0.39, 0.29) is 11.4 Å². The van der Waals surface area contributed by atoms with Gasteiger partial charge in [-0.2, -0.15) is 0 Å². The van der Waals surface area contributed by atoms with Crippen molar-refractivity contribution in [3.63, 3.8) is 0 Å². The van der Waals surface area contributed by atoms with E-state index in [1.807, 2.05) is 31.2 Å². The number of nitrogens with zero attached hydrogens (tertiary/aromatic N) is 2. The highest BCUT2D eigenvalue weighted by molar-refractivity contribution is 7.92. The number of aryl methyl sites for hydroxylation is 3. The second kappa shape index (κ2) is 9.71. The Labute approximate surface area is 177 Å². The molecular formula is C21H27N3O5S. The van der Waals surface area contributed by atoms with Crippen molar-refractivity contribution in [2.75, 3.05) is 17.1 Å². The number of anilines is 1. The van der Waals surface area contributed by atoms with Gasteiger partial charge in [-0.3, -0.25) is 19.2 Å². The Morgan fingerprint density at radius 3 is 2.37 bits per heavy atom. The van der Waals surface area contributed by atoms with E-state index < -0.39 is 26.9 Å². The van der Waals surface area contributed by atoms with Crippen molar-refractivity contribution >= 4 is 27.3 Å². The molecule has 0 aromatic heterocycles. The number of nitrogens with one attached hydrogen (secondary N) is 1. The Balaban J connectivity index is 2.10. The Kier molecular flexibility index (Phi) is 7.55. The molecule has 2 rings (SSSR count). The quantitative estimate of drug-likeness (QED) is 0.371. The summed E-state index contributed by atoms with van der Waals surface area (Å²) in [6.45, 7) is 5.52. The van der Waals surface area contributed by atoms with E-state index in [9.17, 15) is 23.3 Å². The van der Waals surface area contributed by atoms with Crippen LogP contribution in [0.2, 0.25) is 0 Å². The highest BCUT2D eigenvalue weighted by Gasteiger charge is 2.31. The van der Waals surface area contributed by atoms with E-state index >= 15 is 0 Å². The van der Waals surface area contributed by atoms with Crippen LogP contribution < -0.4 is 9.62 Å². The Bertz CT molecular complexity index is 1020. The van der Waals surface area contributed by atoms with Crippen LogP contribution in [0.25, 0.3) is 0 Å². The molecule has 1 atom stereocenters. The van der Waals surface area contributed by atoms with Gasteiger partial charge in [0.2, 0.25) is 15.9 Å². The van der Waals surface area contributed by atoms with E-state index in [1.165, 1.54) is 30.7 Å². The number of nitro groups is 1. The first-order chi connectivity index (χ1) is 14.0. The lowest BCUT2D eigenvalue weighted by molar-refractivity contribution is -0.384. The molecule has 0 saturated carbocycles. The fraction of sp³-hybridized carbons (Fsp3) is 0.381. The number of carbonyl (C=O) groups is 1. The van der Waals surface area contributed by atoms with Gasteiger partial charge in [-0.25, -0.2) is 8.42 Å². The predicted molar refractivity (Wildman–Crippen MR) is 117 cm³/mol. The van der Waals surface area contributed by atoms with Crippen LogP contribution in [0.3, 0.4) is 0 Å². The average molecular weight is 434 g/mol. The summed E-state index contributed by atoms with van der Waals surface area (Å²) in [4.78, 5) is 23.2. The lowest BCUT2D eigenvalue weighted by atomic mass is 10.1. The number of carbonyl (C=O) groups excluding carboxylic acids is 1. The van der Waals surface area contributed by atoms with Gasteiger partial charge in [-0.1, -0.05) is 35.9 Å². The van der Waals surface area contributed by atoms with Crippen molar-refractivity contribution in [3.8, 4) is 0 Å². The Morgan fingerprint density at radius 1 is 1.17 bits per heavy atom. The van der Waals surface area contributed by atoms with E-state index in [0.717, 1.165) is 22.5 Å². The van der Waals surface area contributed by atoms with E-state index in [2.05, 4.69) is 5.32 Å². The van der Waals surface area contributed by atoms with E-state index in [4.69, 9.17) is 0 Å². The number of rotatable bonds is 9. The van der Waals surface area contributed by atoms with E-state index in [0.29, 0.717) is 18.5 Å². The van der Waals surface area contributed by atoms with Crippen LogP contribution in [0.1, 0.15) is 30.0 Å². The molecule has 0 bridgehead atoms. The molecule has 30 heavy (non-hydrogen) atoms. The molecule has 162 valence electrons. The highest BCUT2D eigenvalue weighted by Crippen LogP contribution is 2.29. The zero-order valence-electron chi connectivity index (χ0n) is 17.6. The maximum atomic E-state index is 12.6. The highest BCUT2D eigenvalue weighted by atomic mass is 32.2. The minimum atomic E-state index is -3.85. The zero-order chi connectivity index (χ0) is 22.5. The number of amides is 1. The molecule has 0 aliphatic rings. The number of non-ortho nitro benzene ring substituents is 1. The maximum absolute atomic E-state index is 12.6. The van der Waals surface area contributed by atoms with Gasteiger partial charge in [0.25, 0.3) is 5.69 Å². The smallest absolute Gasteiger partial charge is 0.271 e. The van der Waals surface area contributed by atoms with Gasteiger partial charge in [0.05, 0.1) is 16.9 Å². The number of hydrogen-bond acceptors (Lipinski definition) is 5. The minimum Gasteiger partial charge on any atom is -0.354 e. The lowest BCUT2D eigenvalue weighted by Gasteiger charge is -2.29. The molecule has 0 fully saturated rings. The first kappa shape index (κ1) is 23.3. The van der Waals surface area contributed by atoms with Crippen molar-refractivity contribution in [2.24, 2.45) is 0 Å².